The van der Waals surface area contributed by atoms with Gasteiger partial charge in [0, 0.05) is 11.6 Å². The van der Waals surface area contributed by atoms with Crippen molar-refractivity contribution in [2.24, 2.45) is 0 Å². The van der Waals surface area contributed by atoms with Crippen LogP contribution in [0.1, 0.15) is 30.1 Å². The van der Waals surface area contributed by atoms with Crippen molar-refractivity contribution in [1.29, 1.82) is 0 Å². The lowest BCUT2D eigenvalue weighted by Gasteiger charge is -2.22. The van der Waals surface area contributed by atoms with Gasteiger partial charge in [0.15, 0.2) is 0 Å². The molecule has 2 rings (SSSR count). The highest BCUT2D eigenvalue weighted by atomic mass is 19.4. The third-order valence-corrected chi connectivity index (χ3v) is 2.82. The summed E-state index contributed by atoms with van der Waals surface area (Å²) in [6.45, 7) is 1.70. The van der Waals surface area contributed by atoms with Crippen LogP contribution in [0.4, 0.5) is 13.2 Å². The standard InChI is InChI=1S/C11H13F3N2/c12-11(13,14)10-3-1-2-9(16-10)8-4-6-15-7-5-8/h1-3,8,15H,4-7H2. The maximum absolute atomic E-state index is 12.5. The normalized spacial score (nSPS) is 18.7. The Hall–Kier alpha value is -1.10. The summed E-state index contributed by atoms with van der Waals surface area (Å²) < 4.78 is 37.4. The van der Waals surface area contributed by atoms with E-state index >= 15 is 0 Å². The third-order valence-electron chi connectivity index (χ3n) is 2.82. The number of hydrogen-bond acceptors (Lipinski definition) is 2. The van der Waals surface area contributed by atoms with Crippen molar-refractivity contribution >= 4 is 0 Å². The highest BCUT2D eigenvalue weighted by Gasteiger charge is 2.33. The largest absolute Gasteiger partial charge is 0.433 e. The van der Waals surface area contributed by atoms with Gasteiger partial charge in [-0.05, 0) is 38.1 Å². The zero-order valence-corrected chi connectivity index (χ0v) is 8.72. The summed E-state index contributed by atoms with van der Waals surface area (Å²) in [5.74, 6) is 0.156. The molecule has 88 valence electrons. The van der Waals surface area contributed by atoms with Crippen LogP contribution in [0.5, 0.6) is 0 Å². The predicted molar refractivity (Wildman–Crippen MR) is 54.1 cm³/mol. The van der Waals surface area contributed by atoms with Crippen LogP contribution in [0.15, 0.2) is 18.2 Å². The minimum absolute atomic E-state index is 0.156. The Morgan fingerprint density at radius 1 is 1.19 bits per heavy atom. The molecule has 0 unspecified atom stereocenters. The van der Waals surface area contributed by atoms with Crippen molar-refractivity contribution < 1.29 is 13.2 Å². The maximum atomic E-state index is 12.5. The summed E-state index contributed by atoms with van der Waals surface area (Å²) in [5, 5.41) is 3.18. The Labute approximate surface area is 91.9 Å². The summed E-state index contributed by atoms with van der Waals surface area (Å²) in [5.41, 5.74) is -0.222. The lowest BCUT2D eigenvalue weighted by molar-refractivity contribution is -0.141. The first kappa shape index (κ1) is 11.4. The van der Waals surface area contributed by atoms with Crippen LogP contribution >= 0.6 is 0 Å². The molecule has 0 spiro atoms. The van der Waals surface area contributed by atoms with Crippen molar-refractivity contribution in [2.45, 2.75) is 24.9 Å². The summed E-state index contributed by atoms with van der Waals surface area (Å²) >= 11 is 0. The zero-order valence-electron chi connectivity index (χ0n) is 8.72. The van der Waals surface area contributed by atoms with Gasteiger partial charge in [-0.3, -0.25) is 0 Å². The van der Waals surface area contributed by atoms with Gasteiger partial charge in [-0.2, -0.15) is 13.2 Å². The van der Waals surface area contributed by atoms with Gasteiger partial charge in [0.1, 0.15) is 5.69 Å². The van der Waals surface area contributed by atoms with E-state index < -0.39 is 11.9 Å². The second-order valence-corrected chi connectivity index (χ2v) is 3.97. The van der Waals surface area contributed by atoms with Gasteiger partial charge < -0.3 is 5.32 Å². The smallest absolute Gasteiger partial charge is 0.317 e. The lowest BCUT2D eigenvalue weighted by atomic mass is 9.94. The fraction of sp³-hybridized carbons (Fsp3) is 0.545. The molecule has 1 aromatic heterocycles. The molecule has 0 aromatic carbocycles. The van der Waals surface area contributed by atoms with Crippen molar-refractivity contribution in [2.75, 3.05) is 13.1 Å². The quantitative estimate of drug-likeness (QED) is 0.802. The summed E-state index contributed by atoms with van der Waals surface area (Å²) in [6, 6.07) is 4.14. The van der Waals surface area contributed by atoms with Crippen LogP contribution in [-0.4, -0.2) is 18.1 Å². The van der Waals surface area contributed by atoms with Crippen molar-refractivity contribution in [3.05, 3.63) is 29.6 Å². The highest BCUT2D eigenvalue weighted by Crippen LogP contribution is 2.30. The molecule has 1 aromatic rings. The SMILES string of the molecule is FC(F)(F)c1cccc(C2CCNCC2)n1. The van der Waals surface area contributed by atoms with Crippen LogP contribution in [-0.2, 0) is 6.18 Å². The first-order valence-electron chi connectivity index (χ1n) is 5.32. The topological polar surface area (TPSA) is 24.9 Å². The van der Waals surface area contributed by atoms with Gasteiger partial charge in [0.05, 0.1) is 0 Å². The Morgan fingerprint density at radius 2 is 1.88 bits per heavy atom. The number of alkyl halides is 3. The third kappa shape index (κ3) is 2.52. The number of halogens is 3. The molecule has 1 aliphatic heterocycles. The van der Waals surface area contributed by atoms with Crippen molar-refractivity contribution in [3.63, 3.8) is 0 Å². The molecule has 1 fully saturated rings. The van der Waals surface area contributed by atoms with E-state index in [4.69, 9.17) is 0 Å². The van der Waals surface area contributed by atoms with E-state index in [1.807, 2.05) is 0 Å². The van der Waals surface area contributed by atoms with Gasteiger partial charge in [0.25, 0.3) is 0 Å². The molecule has 16 heavy (non-hydrogen) atoms. The molecular weight excluding hydrogens is 217 g/mol. The average Bonchev–Trinajstić information content (AvgIpc) is 2.29. The van der Waals surface area contributed by atoms with Crippen LogP contribution in [0, 0.1) is 0 Å². The van der Waals surface area contributed by atoms with Crippen LogP contribution < -0.4 is 5.32 Å². The minimum Gasteiger partial charge on any atom is -0.317 e. The molecule has 0 bridgehead atoms. The van der Waals surface area contributed by atoms with Gasteiger partial charge >= 0.3 is 6.18 Å². The number of pyridine rings is 1. The van der Waals surface area contributed by atoms with E-state index in [-0.39, 0.29) is 5.92 Å². The molecule has 1 N–H and O–H groups in total. The zero-order chi connectivity index (χ0) is 11.6. The number of nitrogens with one attached hydrogen (secondary N) is 1. The second-order valence-electron chi connectivity index (χ2n) is 3.97. The van der Waals surface area contributed by atoms with Gasteiger partial charge in [-0.1, -0.05) is 6.07 Å². The molecular formula is C11H13F3N2. The van der Waals surface area contributed by atoms with Crippen molar-refractivity contribution in [1.82, 2.24) is 10.3 Å². The Bertz CT molecular complexity index is 356. The maximum Gasteiger partial charge on any atom is 0.433 e. The average molecular weight is 230 g/mol. The van der Waals surface area contributed by atoms with E-state index in [1.54, 1.807) is 6.07 Å². The van der Waals surface area contributed by atoms with Crippen LogP contribution in [0.3, 0.4) is 0 Å². The number of piperidine rings is 1. The number of rotatable bonds is 1. The molecule has 2 nitrogen and oxygen atoms in total. The van der Waals surface area contributed by atoms with E-state index in [9.17, 15) is 13.2 Å². The predicted octanol–water partition coefficient (Wildman–Crippen LogP) is 2.57. The van der Waals surface area contributed by atoms with Crippen LogP contribution in [0.2, 0.25) is 0 Å². The Morgan fingerprint density at radius 3 is 2.50 bits per heavy atom. The Kier molecular flexibility index (Phi) is 3.14. The molecule has 1 saturated heterocycles. The monoisotopic (exact) mass is 230 g/mol. The molecule has 0 saturated carbocycles. The highest BCUT2D eigenvalue weighted by molar-refractivity contribution is 5.17. The molecule has 0 atom stereocenters. The van der Waals surface area contributed by atoms with E-state index in [1.165, 1.54) is 6.07 Å². The first-order valence-corrected chi connectivity index (χ1v) is 5.32. The second kappa shape index (κ2) is 4.41. The van der Waals surface area contributed by atoms with Crippen molar-refractivity contribution in [3.8, 4) is 0 Å². The van der Waals surface area contributed by atoms with E-state index in [0.717, 1.165) is 32.0 Å². The number of hydrogen-bond donors (Lipinski definition) is 1. The van der Waals surface area contributed by atoms with Gasteiger partial charge in [-0.25, -0.2) is 4.98 Å². The molecule has 0 aliphatic carbocycles. The molecule has 1 aliphatic rings. The fourth-order valence-corrected chi connectivity index (χ4v) is 1.95. The van der Waals surface area contributed by atoms with Gasteiger partial charge in [0.2, 0.25) is 0 Å². The molecule has 0 amide bonds. The minimum atomic E-state index is -4.34. The first-order chi connectivity index (χ1) is 7.57. The molecule has 2 heterocycles. The Balaban J connectivity index is 2.21. The van der Waals surface area contributed by atoms with E-state index in [0.29, 0.717) is 5.69 Å². The number of aromatic nitrogens is 1. The summed E-state index contributed by atoms with van der Waals surface area (Å²) in [7, 11) is 0. The number of nitrogens with zero attached hydrogens (tertiary/aromatic N) is 1. The van der Waals surface area contributed by atoms with Crippen LogP contribution in [0.25, 0.3) is 0 Å². The summed E-state index contributed by atoms with van der Waals surface area (Å²) in [6.07, 6.45) is -2.63. The van der Waals surface area contributed by atoms with E-state index in [2.05, 4.69) is 10.3 Å². The molecule has 5 heteroatoms. The fourth-order valence-electron chi connectivity index (χ4n) is 1.95. The van der Waals surface area contributed by atoms with Gasteiger partial charge in [-0.15, -0.1) is 0 Å². The molecule has 0 radical (unpaired) electrons. The summed E-state index contributed by atoms with van der Waals surface area (Å²) in [4.78, 5) is 3.71. The lowest BCUT2D eigenvalue weighted by Crippen LogP contribution is -2.27.